The number of carboxylic acids is 1. The Kier molecular flexibility index (Phi) is 5.57. The van der Waals surface area contributed by atoms with Crippen LogP contribution in [0.25, 0.3) is 11.3 Å². The topological polar surface area (TPSA) is 100 Å². The molecule has 0 saturated heterocycles. The van der Waals surface area contributed by atoms with Gasteiger partial charge in [0.25, 0.3) is 0 Å². The Hall–Kier alpha value is -3.76. The van der Waals surface area contributed by atoms with Crippen LogP contribution in [0.3, 0.4) is 0 Å². The minimum Gasteiger partial charge on any atom is -0.480 e. The molecule has 29 heavy (non-hydrogen) atoms. The summed E-state index contributed by atoms with van der Waals surface area (Å²) in [6, 6.07) is 7.13. The molecule has 0 aliphatic rings. The average molecular weight is 407 g/mol. The number of rotatable bonds is 6. The van der Waals surface area contributed by atoms with Gasteiger partial charge in [0.15, 0.2) is 0 Å². The fourth-order valence-electron chi connectivity index (χ4n) is 2.42. The third-order valence-electron chi connectivity index (χ3n) is 3.65. The van der Waals surface area contributed by atoms with E-state index in [1.165, 1.54) is 18.5 Å². The predicted molar refractivity (Wildman–Crippen MR) is 96.1 cm³/mol. The molecule has 3 aromatic rings. The summed E-state index contributed by atoms with van der Waals surface area (Å²) >= 11 is 0. The Morgan fingerprint density at radius 3 is 2.59 bits per heavy atom. The molecule has 0 aliphatic heterocycles. The third kappa shape index (κ3) is 4.94. The highest BCUT2D eigenvalue weighted by molar-refractivity contribution is 5.73. The van der Waals surface area contributed by atoms with Crippen LogP contribution in [-0.4, -0.2) is 32.6 Å². The highest BCUT2D eigenvalue weighted by Crippen LogP contribution is 2.37. The van der Waals surface area contributed by atoms with Gasteiger partial charge in [0.05, 0.1) is 16.9 Å². The van der Waals surface area contributed by atoms with E-state index < -0.39 is 35.8 Å². The molecule has 1 aromatic carbocycles. The molecule has 11 heteroatoms. The number of nitrogens with one attached hydrogen (secondary N) is 2. The SMILES string of the molecule is O=C(O)CNc1nc(Nc2c(F)cccc2C(F)(F)F)cc(-c2cccnc2)n1. The minimum absolute atomic E-state index is 0.164. The van der Waals surface area contributed by atoms with Crippen molar-refractivity contribution < 1.29 is 27.5 Å². The lowest BCUT2D eigenvalue weighted by molar-refractivity contribution is -0.137. The number of alkyl halides is 3. The Labute approximate surface area is 161 Å². The summed E-state index contributed by atoms with van der Waals surface area (Å²) in [5.41, 5.74) is -1.27. The van der Waals surface area contributed by atoms with Crippen LogP contribution >= 0.6 is 0 Å². The van der Waals surface area contributed by atoms with Crippen molar-refractivity contribution in [3.63, 3.8) is 0 Å². The van der Waals surface area contributed by atoms with Crippen molar-refractivity contribution >= 4 is 23.4 Å². The van der Waals surface area contributed by atoms with Crippen molar-refractivity contribution in [2.75, 3.05) is 17.2 Å². The molecule has 0 atom stereocenters. The van der Waals surface area contributed by atoms with E-state index in [4.69, 9.17) is 5.11 Å². The first-order chi connectivity index (χ1) is 13.7. The molecule has 0 saturated carbocycles. The van der Waals surface area contributed by atoms with Crippen LogP contribution in [-0.2, 0) is 11.0 Å². The largest absolute Gasteiger partial charge is 0.480 e. The average Bonchev–Trinajstić information content (AvgIpc) is 2.67. The number of carboxylic acid groups (broad SMARTS) is 1. The maximum absolute atomic E-state index is 14.1. The van der Waals surface area contributed by atoms with Crippen molar-refractivity contribution in [3.05, 3.63) is 60.2 Å². The van der Waals surface area contributed by atoms with E-state index in [1.807, 2.05) is 0 Å². The Morgan fingerprint density at radius 2 is 1.93 bits per heavy atom. The smallest absolute Gasteiger partial charge is 0.418 e. The molecule has 0 radical (unpaired) electrons. The van der Waals surface area contributed by atoms with Gasteiger partial charge in [-0.2, -0.15) is 18.2 Å². The molecule has 0 fully saturated rings. The zero-order valence-electron chi connectivity index (χ0n) is 14.5. The number of benzene rings is 1. The lowest BCUT2D eigenvalue weighted by Gasteiger charge is -2.16. The van der Waals surface area contributed by atoms with Gasteiger partial charge in [-0.05, 0) is 24.3 Å². The molecule has 3 N–H and O–H groups in total. The fourth-order valence-corrected chi connectivity index (χ4v) is 2.42. The van der Waals surface area contributed by atoms with Crippen molar-refractivity contribution in [3.8, 4) is 11.3 Å². The standard InChI is InChI=1S/C18H13F4N5O2/c19-12-5-1-4-11(18(20,21)22)16(12)26-14-7-13(10-3-2-6-23-8-10)25-17(27-14)24-9-15(28)29/h1-8H,9H2,(H,28,29)(H2,24,25,26,27). The minimum atomic E-state index is -4.80. The maximum atomic E-state index is 14.1. The zero-order valence-corrected chi connectivity index (χ0v) is 14.5. The number of hydrogen-bond donors (Lipinski definition) is 3. The highest BCUT2D eigenvalue weighted by Gasteiger charge is 2.35. The van der Waals surface area contributed by atoms with Crippen molar-refractivity contribution in [1.82, 2.24) is 15.0 Å². The van der Waals surface area contributed by atoms with Gasteiger partial charge < -0.3 is 15.7 Å². The van der Waals surface area contributed by atoms with E-state index in [0.29, 0.717) is 5.56 Å². The van der Waals surface area contributed by atoms with E-state index in [9.17, 15) is 22.4 Å². The van der Waals surface area contributed by atoms with Gasteiger partial charge in [-0.25, -0.2) is 9.37 Å². The van der Waals surface area contributed by atoms with E-state index in [1.54, 1.807) is 12.1 Å². The van der Waals surface area contributed by atoms with Crippen molar-refractivity contribution in [2.45, 2.75) is 6.18 Å². The lowest BCUT2D eigenvalue weighted by atomic mass is 10.1. The van der Waals surface area contributed by atoms with Crippen molar-refractivity contribution in [1.29, 1.82) is 0 Å². The summed E-state index contributed by atoms with van der Waals surface area (Å²) in [4.78, 5) is 22.8. The maximum Gasteiger partial charge on any atom is 0.418 e. The number of nitrogens with zero attached hydrogens (tertiary/aromatic N) is 3. The van der Waals surface area contributed by atoms with Crippen molar-refractivity contribution in [2.24, 2.45) is 0 Å². The first kappa shape index (κ1) is 20.0. The van der Waals surface area contributed by atoms with E-state index >= 15 is 0 Å². The van der Waals surface area contributed by atoms with Crippen LogP contribution in [0.15, 0.2) is 48.8 Å². The molecule has 0 unspecified atom stereocenters. The molecule has 2 aromatic heterocycles. The van der Waals surface area contributed by atoms with Gasteiger partial charge in [0.2, 0.25) is 5.95 Å². The summed E-state index contributed by atoms with van der Waals surface area (Å²) in [6.45, 7) is -0.524. The number of hydrogen-bond acceptors (Lipinski definition) is 6. The number of aromatic nitrogens is 3. The van der Waals surface area contributed by atoms with Gasteiger partial charge in [-0.3, -0.25) is 9.78 Å². The van der Waals surface area contributed by atoms with Crippen LogP contribution in [0, 0.1) is 5.82 Å². The van der Waals surface area contributed by atoms with Crippen LogP contribution in [0.1, 0.15) is 5.56 Å². The molecular formula is C18H13F4N5O2. The van der Waals surface area contributed by atoms with Gasteiger partial charge in [-0.15, -0.1) is 0 Å². The molecule has 0 bridgehead atoms. The molecule has 150 valence electrons. The fraction of sp³-hybridized carbons (Fsp3) is 0.111. The monoisotopic (exact) mass is 407 g/mol. The second-order valence-corrected chi connectivity index (χ2v) is 5.74. The third-order valence-corrected chi connectivity index (χ3v) is 3.65. The first-order valence-corrected chi connectivity index (χ1v) is 8.12. The second-order valence-electron chi connectivity index (χ2n) is 5.74. The summed E-state index contributed by atoms with van der Waals surface area (Å²) in [6.07, 6.45) is -1.83. The van der Waals surface area contributed by atoms with E-state index in [2.05, 4.69) is 25.6 Å². The van der Waals surface area contributed by atoms with Crippen LogP contribution in [0.4, 0.5) is 35.0 Å². The lowest BCUT2D eigenvalue weighted by Crippen LogP contribution is -2.15. The molecule has 7 nitrogen and oxygen atoms in total. The van der Waals surface area contributed by atoms with Gasteiger partial charge >= 0.3 is 12.1 Å². The van der Waals surface area contributed by atoms with E-state index in [0.717, 1.165) is 18.2 Å². The normalized spacial score (nSPS) is 11.2. The molecule has 0 amide bonds. The Bertz CT molecular complexity index is 1030. The van der Waals surface area contributed by atoms with Gasteiger partial charge in [0, 0.05) is 24.0 Å². The van der Waals surface area contributed by atoms with Gasteiger partial charge in [-0.1, -0.05) is 6.07 Å². The summed E-state index contributed by atoms with van der Waals surface area (Å²) < 4.78 is 53.9. The quantitative estimate of drug-likeness (QED) is 0.532. The molecule has 2 heterocycles. The number of anilines is 3. The number of halogens is 4. The summed E-state index contributed by atoms with van der Waals surface area (Å²) in [7, 11) is 0. The van der Waals surface area contributed by atoms with Gasteiger partial charge in [0.1, 0.15) is 18.2 Å². The number of pyridine rings is 1. The molecular weight excluding hydrogens is 394 g/mol. The Morgan fingerprint density at radius 1 is 1.14 bits per heavy atom. The van der Waals surface area contributed by atoms with Crippen LogP contribution in [0.2, 0.25) is 0 Å². The first-order valence-electron chi connectivity index (χ1n) is 8.12. The number of para-hydroxylation sites is 1. The highest BCUT2D eigenvalue weighted by atomic mass is 19.4. The van der Waals surface area contributed by atoms with Crippen LogP contribution < -0.4 is 10.6 Å². The summed E-state index contributed by atoms with van der Waals surface area (Å²) in [5, 5.41) is 13.6. The van der Waals surface area contributed by atoms with E-state index in [-0.39, 0.29) is 17.5 Å². The molecule has 0 spiro atoms. The second kappa shape index (κ2) is 8.09. The number of aliphatic carboxylic acids is 1. The zero-order chi connectivity index (χ0) is 21.0. The predicted octanol–water partition coefficient (Wildman–Crippen LogP) is 3.94. The molecule has 3 rings (SSSR count). The Balaban J connectivity index is 2.05. The number of carbonyl (C=O) groups is 1. The molecule has 0 aliphatic carbocycles. The summed E-state index contributed by atoms with van der Waals surface area (Å²) in [5.74, 6) is -2.65. The van der Waals surface area contributed by atoms with Crippen LogP contribution in [0.5, 0.6) is 0 Å².